The van der Waals surface area contributed by atoms with E-state index in [9.17, 15) is 24.3 Å². The van der Waals surface area contributed by atoms with Crippen molar-refractivity contribution in [1.29, 1.82) is 0 Å². The first kappa shape index (κ1) is 24.8. The van der Waals surface area contributed by atoms with Crippen LogP contribution in [0, 0.1) is 28.6 Å². The molecule has 3 saturated carbocycles. The number of esters is 2. The van der Waals surface area contributed by atoms with Crippen molar-refractivity contribution >= 4 is 23.5 Å². The van der Waals surface area contributed by atoms with Crippen molar-refractivity contribution < 1.29 is 38.1 Å². The molecule has 0 radical (unpaired) electrons. The Balaban J connectivity index is 1.82. The Morgan fingerprint density at radius 1 is 1.18 bits per heavy atom. The van der Waals surface area contributed by atoms with Gasteiger partial charge in [0.1, 0.15) is 0 Å². The number of halogens is 1. The summed E-state index contributed by atoms with van der Waals surface area (Å²) in [7, 11) is 0. The molecule has 0 bridgehead atoms. The summed E-state index contributed by atoms with van der Waals surface area (Å²) in [6.07, 6.45) is 4.14. The summed E-state index contributed by atoms with van der Waals surface area (Å²) in [5.41, 5.74) is -5.26. The van der Waals surface area contributed by atoms with Gasteiger partial charge >= 0.3 is 11.9 Å². The molecule has 0 heterocycles. The first-order valence-electron chi connectivity index (χ1n) is 11.9. The molecule has 0 aliphatic heterocycles. The van der Waals surface area contributed by atoms with Crippen LogP contribution in [0.25, 0.3) is 0 Å². The van der Waals surface area contributed by atoms with Gasteiger partial charge in [-0.2, -0.15) is 0 Å². The number of rotatable bonds is 4. The number of carbonyl (C=O) groups is 4. The molecule has 0 amide bonds. The molecule has 0 aromatic rings. The first-order chi connectivity index (χ1) is 15.7. The maximum Gasteiger partial charge on any atom is 0.303 e. The van der Waals surface area contributed by atoms with Crippen LogP contribution in [0.4, 0.5) is 4.39 Å². The number of ketones is 2. The standard InChI is InChI=1S/C26H33FO7/c1-14-10-20-19-7-6-17-11-18(30)8-9-23(17,4)25(19,27)21(31)12-24(20,5)26(14,34-16(3)29)22(32)13-33-15(2)28/h8-9,11,14,19-21,31H,6-7,10,12-13H2,1-5H3. The van der Waals surface area contributed by atoms with Gasteiger partial charge in [0, 0.05) is 36.5 Å². The van der Waals surface area contributed by atoms with Gasteiger partial charge in [0.25, 0.3) is 0 Å². The molecule has 4 aliphatic rings. The highest BCUT2D eigenvalue weighted by Crippen LogP contribution is 2.71. The summed E-state index contributed by atoms with van der Waals surface area (Å²) >= 11 is 0. The highest BCUT2D eigenvalue weighted by Gasteiger charge is 2.77. The Kier molecular flexibility index (Phi) is 5.71. The van der Waals surface area contributed by atoms with E-state index in [0.29, 0.717) is 24.8 Å². The van der Waals surface area contributed by atoms with Crippen molar-refractivity contribution in [1.82, 2.24) is 0 Å². The number of hydrogen-bond donors (Lipinski definition) is 1. The van der Waals surface area contributed by atoms with Gasteiger partial charge in [-0.1, -0.05) is 25.5 Å². The number of hydrogen-bond acceptors (Lipinski definition) is 7. The van der Waals surface area contributed by atoms with E-state index in [4.69, 9.17) is 9.47 Å². The fourth-order valence-corrected chi connectivity index (χ4v) is 7.90. The van der Waals surface area contributed by atoms with E-state index in [1.807, 2.05) is 0 Å². The van der Waals surface area contributed by atoms with E-state index < -0.39 is 64.4 Å². The van der Waals surface area contributed by atoms with E-state index in [1.54, 1.807) is 26.8 Å². The van der Waals surface area contributed by atoms with Crippen molar-refractivity contribution in [3.8, 4) is 0 Å². The number of allylic oxidation sites excluding steroid dienone is 4. The topological polar surface area (TPSA) is 107 Å². The summed E-state index contributed by atoms with van der Waals surface area (Å²) in [4.78, 5) is 49.2. The van der Waals surface area contributed by atoms with Gasteiger partial charge in [-0.3, -0.25) is 19.2 Å². The zero-order valence-corrected chi connectivity index (χ0v) is 20.4. The van der Waals surface area contributed by atoms with E-state index >= 15 is 4.39 Å². The first-order valence-corrected chi connectivity index (χ1v) is 11.9. The van der Waals surface area contributed by atoms with Gasteiger partial charge in [-0.15, -0.1) is 0 Å². The molecule has 8 unspecified atom stereocenters. The van der Waals surface area contributed by atoms with Crippen LogP contribution in [0.2, 0.25) is 0 Å². The number of ether oxygens (including phenoxy) is 2. The maximum absolute atomic E-state index is 17.2. The lowest BCUT2D eigenvalue weighted by Crippen LogP contribution is -2.70. The van der Waals surface area contributed by atoms with Gasteiger partial charge in [0.2, 0.25) is 5.78 Å². The Morgan fingerprint density at radius 2 is 1.85 bits per heavy atom. The second-order valence-electron chi connectivity index (χ2n) is 10.9. The minimum Gasteiger partial charge on any atom is -0.458 e. The number of aliphatic hydroxyl groups is 1. The monoisotopic (exact) mass is 476 g/mol. The molecular weight excluding hydrogens is 443 g/mol. The third-order valence-corrected chi connectivity index (χ3v) is 9.31. The van der Waals surface area contributed by atoms with Crippen molar-refractivity contribution in [2.75, 3.05) is 6.61 Å². The van der Waals surface area contributed by atoms with Crippen LogP contribution in [0.5, 0.6) is 0 Å². The highest BCUT2D eigenvalue weighted by atomic mass is 19.1. The van der Waals surface area contributed by atoms with Crippen molar-refractivity contribution in [3.05, 3.63) is 23.8 Å². The summed E-state index contributed by atoms with van der Waals surface area (Å²) in [5, 5.41) is 11.4. The number of carbonyl (C=O) groups excluding carboxylic acids is 4. The lowest BCUT2D eigenvalue weighted by molar-refractivity contribution is -0.228. The fraction of sp³-hybridized carbons (Fsp3) is 0.692. The summed E-state index contributed by atoms with van der Waals surface area (Å²) < 4.78 is 28.0. The van der Waals surface area contributed by atoms with Crippen LogP contribution in [-0.4, -0.2) is 52.6 Å². The Labute approximate surface area is 198 Å². The SMILES string of the molecule is CC(=O)OCC(=O)C1(OC(C)=O)C(C)CC2C3CCC4=CC(=O)C=CC4(C)C3(F)C(O)CC21C. The predicted octanol–water partition coefficient (Wildman–Crippen LogP) is 3.04. The highest BCUT2D eigenvalue weighted by molar-refractivity contribution is 6.01. The average Bonchev–Trinajstić information content (AvgIpc) is 2.95. The summed E-state index contributed by atoms with van der Waals surface area (Å²) in [6, 6.07) is 0. The number of aliphatic hydroxyl groups excluding tert-OH is 1. The van der Waals surface area contributed by atoms with Gasteiger partial charge < -0.3 is 14.6 Å². The minimum atomic E-state index is -2.05. The van der Waals surface area contributed by atoms with Crippen LogP contribution in [0.1, 0.15) is 60.3 Å². The molecule has 7 nitrogen and oxygen atoms in total. The minimum absolute atomic E-state index is 0.112. The second kappa shape index (κ2) is 7.83. The zero-order chi connectivity index (χ0) is 25.3. The molecule has 4 rings (SSSR count). The van der Waals surface area contributed by atoms with Gasteiger partial charge in [-0.25, -0.2) is 4.39 Å². The smallest absolute Gasteiger partial charge is 0.303 e. The average molecular weight is 477 g/mol. The third kappa shape index (κ3) is 3.03. The number of fused-ring (bicyclic) bond motifs is 5. The van der Waals surface area contributed by atoms with Crippen LogP contribution in [0.15, 0.2) is 23.8 Å². The summed E-state index contributed by atoms with van der Waals surface area (Å²) in [5.74, 6) is -3.51. The zero-order valence-electron chi connectivity index (χ0n) is 20.4. The quantitative estimate of drug-likeness (QED) is 0.622. The van der Waals surface area contributed by atoms with Gasteiger partial charge in [0.15, 0.2) is 23.7 Å². The van der Waals surface area contributed by atoms with E-state index in [-0.39, 0.29) is 18.1 Å². The van der Waals surface area contributed by atoms with Crippen LogP contribution < -0.4 is 0 Å². The molecule has 3 fully saturated rings. The number of alkyl halides is 1. The van der Waals surface area contributed by atoms with E-state index in [1.165, 1.54) is 26.0 Å². The lowest BCUT2D eigenvalue weighted by atomic mass is 9.44. The molecule has 4 aliphatic carbocycles. The van der Waals surface area contributed by atoms with E-state index in [2.05, 4.69) is 0 Å². The number of Topliss-reactive ketones (excluding diaryl/α,β-unsaturated/α-hetero) is 1. The lowest BCUT2D eigenvalue weighted by Gasteiger charge is -2.62. The Bertz CT molecular complexity index is 1020. The molecule has 186 valence electrons. The van der Waals surface area contributed by atoms with Crippen LogP contribution in [-0.2, 0) is 28.7 Å². The molecule has 0 aromatic heterocycles. The van der Waals surface area contributed by atoms with Crippen molar-refractivity contribution in [2.45, 2.75) is 77.7 Å². The largest absolute Gasteiger partial charge is 0.458 e. The summed E-state index contributed by atoms with van der Waals surface area (Å²) in [6.45, 7) is 7.14. The normalized spacial score (nSPS) is 44.9. The Hall–Kier alpha value is -2.35. The van der Waals surface area contributed by atoms with E-state index in [0.717, 1.165) is 0 Å². The molecular formula is C26H33FO7. The van der Waals surface area contributed by atoms with Gasteiger partial charge in [-0.05, 0) is 50.7 Å². The molecule has 0 aromatic carbocycles. The fourth-order valence-electron chi connectivity index (χ4n) is 7.90. The molecule has 8 heteroatoms. The molecule has 0 saturated heterocycles. The Morgan fingerprint density at radius 3 is 2.47 bits per heavy atom. The molecule has 1 N–H and O–H groups in total. The molecule has 8 atom stereocenters. The van der Waals surface area contributed by atoms with Crippen LogP contribution >= 0.6 is 0 Å². The predicted molar refractivity (Wildman–Crippen MR) is 119 cm³/mol. The second-order valence-corrected chi connectivity index (χ2v) is 10.9. The maximum atomic E-state index is 17.2. The van der Waals surface area contributed by atoms with Gasteiger partial charge in [0.05, 0.1) is 6.10 Å². The van der Waals surface area contributed by atoms with Crippen LogP contribution in [0.3, 0.4) is 0 Å². The third-order valence-electron chi connectivity index (χ3n) is 9.31. The van der Waals surface area contributed by atoms with Crippen molar-refractivity contribution in [3.63, 3.8) is 0 Å². The molecule has 34 heavy (non-hydrogen) atoms. The van der Waals surface area contributed by atoms with Crippen molar-refractivity contribution in [2.24, 2.45) is 28.6 Å². The molecule has 0 spiro atoms.